The van der Waals surface area contributed by atoms with E-state index in [1.165, 1.54) is 11.6 Å². The van der Waals surface area contributed by atoms with Crippen LogP contribution in [-0.4, -0.2) is 30.1 Å². The Balaban J connectivity index is 2.15. The highest BCUT2D eigenvalue weighted by Crippen LogP contribution is 2.18. The van der Waals surface area contributed by atoms with Gasteiger partial charge in [0.15, 0.2) is 0 Å². The Morgan fingerprint density at radius 2 is 1.83 bits per heavy atom. The van der Waals surface area contributed by atoms with Crippen LogP contribution in [0.2, 0.25) is 0 Å². The maximum absolute atomic E-state index is 12.5. The molecule has 2 N–H and O–H groups in total. The van der Waals surface area contributed by atoms with E-state index in [9.17, 15) is 13.2 Å². The van der Waals surface area contributed by atoms with Crippen LogP contribution in [0.15, 0.2) is 35.2 Å². The molecule has 0 bridgehead atoms. The quantitative estimate of drug-likeness (QED) is 0.862. The molecule has 0 fully saturated rings. The topological polar surface area (TPSA) is 93.1 Å². The van der Waals surface area contributed by atoms with Gasteiger partial charge in [0.25, 0.3) is 0 Å². The van der Waals surface area contributed by atoms with Gasteiger partial charge in [-0.15, -0.1) is 0 Å². The van der Waals surface area contributed by atoms with Gasteiger partial charge in [-0.2, -0.15) is 9.82 Å². The molecule has 2 aromatic rings. The zero-order valence-corrected chi connectivity index (χ0v) is 14.3. The highest BCUT2D eigenvalue weighted by Gasteiger charge is 2.27. The molecule has 0 aliphatic heterocycles. The monoisotopic (exact) mass is 336 g/mol. The van der Waals surface area contributed by atoms with E-state index in [0.717, 1.165) is 0 Å². The van der Waals surface area contributed by atoms with E-state index in [1.807, 2.05) is 6.07 Å². The Bertz CT molecular complexity index is 813. The highest BCUT2D eigenvalue weighted by atomic mass is 32.2. The lowest BCUT2D eigenvalue weighted by Crippen LogP contribution is -2.41. The fraction of sp³-hybridized carbons (Fsp3) is 0.333. The fourth-order valence-electron chi connectivity index (χ4n) is 2.26. The number of aryl methyl sites for hydroxylation is 2. The molecule has 124 valence electrons. The van der Waals surface area contributed by atoms with Crippen molar-refractivity contribution in [3.8, 4) is 0 Å². The van der Waals surface area contributed by atoms with Crippen molar-refractivity contribution in [1.29, 1.82) is 0 Å². The van der Waals surface area contributed by atoms with E-state index in [0.29, 0.717) is 17.1 Å². The standard InChI is InChI=1S/C15H20N4O3S/c1-10-14(12(3)19(4)17-10)23(21,22)18-11(2)15(20)16-13-8-6-5-7-9-13/h5-9,11,18H,1-4H3,(H,16,20). The van der Waals surface area contributed by atoms with Crippen LogP contribution in [0.3, 0.4) is 0 Å². The molecule has 0 saturated carbocycles. The molecule has 0 spiro atoms. The molecule has 0 radical (unpaired) electrons. The predicted octanol–water partition coefficient (Wildman–Crippen LogP) is 1.34. The molecule has 23 heavy (non-hydrogen) atoms. The molecule has 8 heteroatoms. The Labute approximate surface area is 135 Å². The van der Waals surface area contributed by atoms with Crippen LogP contribution >= 0.6 is 0 Å². The number of amides is 1. The van der Waals surface area contributed by atoms with Crippen LogP contribution in [0.4, 0.5) is 5.69 Å². The van der Waals surface area contributed by atoms with Crippen molar-refractivity contribution in [3.05, 3.63) is 41.7 Å². The lowest BCUT2D eigenvalue weighted by Gasteiger charge is -2.14. The molecule has 0 aliphatic carbocycles. The second-order valence-electron chi connectivity index (χ2n) is 5.32. The Kier molecular flexibility index (Phi) is 4.86. The van der Waals surface area contributed by atoms with Crippen LogP contribution in [-0.2, 0) is 21.9 Å². The molecule has 1 heterocycles. The smallest absolute Gasteiger partial charge is 0.244 e. The van der Waals surface area contributed by atoms with Gasteiger partial charge in [-0.1, -0.05) is 18.2 Å². The summed E-state index contributed by atoms with van der Waals surface area (Å²) in [7, 11) is -2.16. The van der Waals surface area contributed by atoms with Crippen molar-refractivity contribution >= 4 is 21.6 Å². The molecule has 2 rings (SSSR count). The minimum absolute atomic E-state index is 0.111. The summed E-state index contributed by atoms with van der Waals surface area (Å²) in [6.45, 7) is 4.79. The number of aromatic nitrogens is 2. The molecule has 0 saturated heterocycles. The second kappa shape index (κ2) is 6.51. The fourth-order valence-corrected chi connectivity index (χ4v) is 3.90. The van der Waals surface area contributed by atoms with Crippen LogP contribution in [0.25, 0.3) is 0 Å². The summed E-state index contributed by atoms with van der Waals surface area (Å²) in [5.41, 5.74) is 1.52. The third-order valence-electron chi connectivity index (χ3n) is 3.48. The third-order valence-corrected chi connectivity index (χ3v) is 5.27. The van der Waals surface area contributed by atoms with Crippen LogP contribution in [0.1, 0.15) is 18.3 Å². The highest BCUT2D eigenvalue weighted by molar-refractivity contribution is 7.89. The zero-order chi connectivity index (χ0) is 17.2. The predicted molar refractivity (Wildman–Crippen MR) is 87.5 cm³/mol. The average molecular weight is 336 g/mol. The minimum atomic E-state index is -3.83. The molecule has 1 aromatic heterocycles. The summed E-state index contributed by atoms with van der Waals surface area (Å²) in [6, 6.07) is 7.94. The third kappa shape index (κ3) is 3.77. The molecule has 1 amide bonds. The van der Waals surface area contributed by atoms with Gasteiger partial charge in [-0.25, -0.2) is 8.42 Å². The first-order valence-corrected chi connectivity index (χ1v) is 8.59. The number of benzene rings is 1. The summed E-state index contributed by atoms with van der Waals surface area (Å²) in [4.78, 5) is 12.2. The van der Waals surface area contributed by atoms with Gasteiger partial charge in [-0.3, -0.25) is 9.48 Å². The van der Waals surface area contributed by atoms with Crippen molar-refractivity contribution in [1.82, 2.24) is 14.5 Å². The van der Waals surface area contributed by atoms with Gasteiger partial charge in [0.1, 0.15) is 4.90 Å². The number of hydrogen-bond donors (Lipinski definition) is 2. The molecule has 1 atom stereocenters. The van der Waals surface area contributed by atoms with E-state index in [1.54, 1.807) is 45.2 Å². The van der Waals surface area contributed by atoms with Gasteiger partial charge in [-0.05, 0) is 32.9 Å². The number of carbonyl (C=O) groups excluding carboxylic acids is 1. The SMILES string of the molecule is Cc1nn(C)c(C)c1S(=O)(=O)NC(C)C(=O)Nc1ccccc1. The molecular weight excluding hydrogens is 316 g/mol. The Morgan fingerprint density at radius 3 is 2.35 bits per heavy atom. The number of rotatable bonds is 5. The number of para-hydroxylation sites is 1. The van der Waals surface area contributed by atoms with Crippen molar-refractivity contribution in [2.75, 3.05) is 5.32 Å². The van der Waals surface area contributed by atoms with Gasteiger partial charge in [0.05, 0.1) is 17.4 Å². The first-order chi connectivity index (χ1) is 10.7. The summed E-state index contributed by atoms with van der Waals surface area (Å²) in [6.07, 6.45) is 0. The van der Waals surface area contributed by atoms with Crippen LogP contribution < -0.4 is 10.0 Å². The van der Waals surface area contributed by atoms with Crippen molar-refractivity contribution in [3.63, 3.8) is 0 Å². The molecule has 1 unspecified atom stereocenters. The summed E-state index contributed by atoms with van der Waals surface area (Å²) in [5.74, 6) is -0.432. The summed E-state index contributed by atoms with van der Waals surface area (Å²) in [5, 5.41) is 6.76. The lowest BCUT2D eigenvalue weighted by atomic mass is 10.3. The van der Waals surface area contributed by atoms with Crippen molar-refractivity contribution in [2.45, 2.75) is 31.7 Å². The number of carbonyl (C=O) groups is 1. The van der Waals surface area contributed by atoms with E-state index < -0.39 is 22.0 Å². The molecule has 0 aliphatic rings. The van der Waals surface area contributed by atoms with Crippen molar-refractivity contribution < 1.29 is 13.2 Å². The van der Waals surface area contributed by atoms with Crippen molar-refractivity contribution in [2.24, 2.45) is 7.05 Å². The van der Waals surface area contributed by atoms with Crippen LogP contribution in [0, 0.1) is 13.8 Å². The first-order valence-electron chi connectivity index (χ1n) is 7.11. The van der Waals surface area contributed by atoms with Crippen LogP contribution in [0.5, 0.6) is 0 Å². The maximum atomic E-state index is 12.5. The largest absolute Gasteiger partial charge is 0.325 e. The van der Waals surface area contributed by atoms with Gasteiger partial charge in [0.2, 0.25) is 15.9 Å². The first kappa shape index (κ1) is 17.2. The van der Waals surface area contributed by atoms with E-state index in [4.69, 9.17) is 0 Å². The maximum Gasteiger partial charge on any atom is 0.244 e. The van der Waals surface area contributed by atoms with E-state index in [2.05, 4.69) is 15.1 Å². The molecular formula is C15H20N4O3S. The number of hydrogen-bond acceptors (Lipinski definition) is 4. The zero-order valence-electron chi connectivity index (χ0n) is 13.5. The number of nitrogens with zero attached hydrogens (tertiary/aromatic N) is 2. The van der Waals surface area contributed by atoms with Gasteiger partial charge in [0, 0.05) is 12.7 Å². The van der Waals surface area contributed by atoms with Gasteiger partial charge >= 0.3 is 0 Å². The Morgan fingerprint density at radius 1 is 1.22 bits per heavy atom. The molecule has 7 nitrogen and oxygen atoms in total. The van der Waals surface area contributed by atoms with Gasteiger partial charge < -0.3 is 5.32 Å². The molecule has 1 aromatic carbocycles. The second-order valence-corrected chi connectivity index (χ2v) is 6.97. The minimum Gasteiger partial charge on any atom is -0.325 e. The Hall–Kier alpha value is -2.19. The van der Waals surface area contributed by atoms with E-state index >= 15 is 0 Å². The normalized spacial score (nSPS) is 12.9. The lowest BCUT2D eigenvalue weighted by molar-refractivity contribution is -0.117. The average Bonchev–Trinajstić information content (AvgIpc) is 2.73. The number of anilines is 1. The summed E-state index contributed by atoms with van der Waals surface area (Å²) >= 11 is 0. The van der Waals surface area contributed by atoms with E-state index in [-0.39, 0.29) is 4.90 Å². The summed E-state index contributed by atoms with van der Waals surface area (Å²) < 4.78 is 28.9. The number of sulfonamides is 1. The number of nitrogens with one attached hydrogen (secondary N) is 2.